The van der Waals surface area contributed by atoms with Gasteiger partial charge in [-0.05, 0) is 48.1 Å². The minimum atomic E-state index is 0.184. The van der Waals surface area contributed by atoms with Gasteiger partial charge in [-0.3, -0.25) is 9.69 Å². The maximum atomic E-state index is 11.9. The van der Waals surface area contributed by atoms with Crippen LogP contribution in [-0.2, 0) is 24.3 Å². The van der Waals surface area contributed by atoms with E-state index in [4.69, 9.17) is 0 Å². The molecule has 1 amide bonds. The zero-order chi connectivity index (χ0) is 15.6. The number of amides is 1. The highest BCUT2D eigenvalue weighted by Crippen LogP contribution is 2.31. The van der Waals surface area contributed by atoms with Crippen molar-refractivity contribution in [2.24, 2.45) is 5.92 Å². The van der Waals surface area contributed by atoms with Crippen molar-refractivity contribution in [1.29, 1.82) is 0 Å². The Hall–Kier alpha value is -2.13. The van der Waals surface area contributed by atoms with Crippen LogP contribution in [0, 0.1) is 5.92 Å². The van der Waals surface area contributed by atoms with E-state index in [0.29, 0.717) is 0 Å². The maximum Gasteiger partial charge on any atom is 0.227 e. The van der Waals surface area contributed by atoms with Crippen molar-refractivity contribution in [3.05, 3.63) is 65.2 Å². The van der Waals surface area contributed by atoms with Crippen LogP contribution in [0.5, 0.6) is 0 Å². The van der Waals surface area contributed by atoms with Crippen molar-refractivity contribution >= 4 is 11.6 Å². The SMILES string of the molecule is O=C(Nc1ccc2c(c1)CN(CCc1ccccc1)C2)C1CC1. The maximum absolute atomic E-state index is 11.9. The fraction of sp³-hybridized carbons (Fsp3) is 0.350. The molecule has 2 aromatic carbocycles. The second kappa shape index (κ2) is 6.17. The monoisotopic (exact) mass is 306 g/mol. The van der Waals surface area contributed by atoms with Gasteiger partial charge in [-0.15, -0.1) is 0 Å². The van der Waals surface area contributed by atoms with Crippen molar-refractivity contribution in [3.63, 3.8) is 0 Å². The lowest BCUT2D eigenvalue weighted by Gasteiger charge is -2.14. The van der Waals surface area contributed by atoms with Crippen LogP contribution in [-0.4, -0.2) is 17.4 Å². The van der Waals surface area contributed by atoms with Gasteiger partial charge in [0.1, 0.15) is 0 Å². The number of hydrogen-bond donors (Lipinski definition) is 1. The van der Waals surface area contributed by atoms with Crippen molar-refractivity contribution in [2.75, 3.05) is 11.9 Å². The van der Waals surface area contributed by atoms with E-state index in [0.717, 1.165) is 44.6 Å². The molecule has 1 aliphatic heterocycles. The van der Waals surface area contributed by atoms with E-state index in [1.807, 2.05) is 6.07 Å². The Morgan fingerprint density at radius 1 is 1.04 bits per heavy atom. The molecule has 1 fully saturated rings. The average molecular weight is 306 g/mol. The van der Waals surface area contributed by atoms with E-state index in [2.05, 4.69) is 52.7 Å². The lowest BCUT2D eigenvalue weighted by molar-refractivity contribution is -0.117. The first-order valence-electron chi connectivity index (χ1n) is 8.47. The molecule has 0 saturated heterocycles. The number of rotatable bonds is 5. The molecule has 0 aromatic heterocycles. The van der Waals surface area contributed by atoms with Gasteiger partial charge in [-0.1, -0.05) is 36.4 Å². The Morgan fingerprint density at radius 3 is 2.61 bits per heavy atom. The molecule has 118 valence electrons. The van der Waals surface area contributed by atoms with Crippen LogP contribution in [0.2, 0.25) is 0 Å². The molecule has 3 nitrogen and oxygen atoms in total. The van der Waals surface area contributed by atoms with Gasteiger partial charge >= 0.3 is 0 Å². The molecule has 2 aliphatic rings. The number of hydrogen-bond acceptors (Lipinski definition) is 2. The van der Waals surface area contributed by atoms with E-state index in [-0.39, 0.29) is 11.8 Å². The van der Waals surface area contributed by atoms with Crippen LogP contribution in [0.15, 0.2) is 48.5 Å². The summed E-state index contributed by atoms with van der Waals surface area (Å²) in [7, 11) is 0. The van der Waals surface area contributed by atoms with Gasteiger partial charge in [-0.25, -0.2) is 0 Å². The zero-order valence-electron chi connectivity index (χ0n) is 13.3. The van der Waals surface area contributed by atoms with Gasteiger partial charge in [0.25, 0.3) is 0 Å². The highest BCUT2D eigenvalue weighted by atomic mass is 16.2. The summed E-state index contributed by atoms with van der Waals surface area (Å²) in [6, 6.07) is 17.0. The molecule has 23 heavy (non-hydrogen) atoms. The van der Waals surface area contributed by atoms with Crippen LogP contribution in [0.3, 0.4) is 0 Å². The first kappa shape index (κ1) is 14.5. The molecule has 0 bridgehead atoms. The van der Waals surface area contributed by atoms with Gasteiger partial charge in [-0.2, -0.15) is 0 Å². The third kappa shape index (κ3) is 3.45. The third-order valence-corrected chi connectivity index (χ3v) is 4.77. The molecule has 0 spiro atoms. The third-order valence-electron chi connectivity index (χ3n) is 4.77. The minimum absolute atomic E-state index is 0.184. The van der Waals surface area contributed by atoms with Crippen molar-refractivity contribution in [3.8, 4) is 0 Å². The molecule has 0 radical (unpaired) electrons. The normalized spacial score (nSPS) is 17.0. The first-order chi connectivity index (χ1) is 11.3. The van der Waals surface area contributed by atoms with E-state index in [1.54, 1.807) is 0 Å². The number of nitrogens with one attached hydrogen (secondary N) is 1. The lowest BCUT2D eigenvalue weighted by atomic mass is 10.1. The predicted molar refractivity (Wildman–Crippen MR) is 92.1 cm³/mol. The number of nitrogens with zero attached hydrogens (tertiary/aromatic N) is 1. The number of benzene rings is 2. The first-order valence-corrected chi connectivity index (χ1v) is 8.47. The second-order valence-corrected chi connectivity index (χ2v) is 6.69. The number of fused-ring (bicyclic) bond motifs is 1. The summed E-state index contributed by atoms with van der Waals surface area (Å²) in [5, 5.41) is 3.05. The number of anilines is 1. The van der Waals surface area contributed by atoms with Crippen LogP contribution < -0.4 is 5.32 Å². The summed E-state index contributed by atoms with van der Waals surface area (Å²) >= 11 is 0. The summed E-state index contributed by atoms with van der Waals surface area (Å²) in [4.78, 5) is 14.4. The van der Waals surface area contributed by atoms with E-state index < -0.39 is 0 Å². The summed E-state index contributed by atoms with van der Waals surface area (Å²) in [5.74, 6) is 0.439. The van der Waals surface area contributed by atoms with E-state index in [1.165, 1.54) is 16.7 Å². The molecule has 3 heteroatoms. The quantitative estimate of drug-likeness (QED) is 0.915. The van der Waals surface area contributed by atoms with Crippen LogP contribution >= 0.6 is 0 Å². The fourth-order valence-electron chi connectivity index (χ4n) is 3.22. The van der Waals surface area contributed by atoms with Crippen LogP contribution in [0.25, 0.3) is 0 Å². The molecule has 1 heterocycles. The molecular weight excluding hydrogens is 284 g/mol. The molecular formula is C20H22N2O. The fourth-order valence-corrected chi connectivity index (χ4v) is 3.22. The Morgan fingerprint density at radius 2 is 1.83 bits per heavy atom. The molecule has 1 saturated carbocycles. The summed E-state index contributed by atoms with van der Waals surface area (Å²) in [5.41, 5.74) is 5.08. The predicted octanol–water partition coefficient (Wildman–Crippen LogP) is 3.59. The molecule has 0 atom stereocenters. The molecule has 1 N–H and O–H groups in total. The topological polar surface area (TPSA) is 32.3 Å². The van der Waals surface area contributed by atoms with Gasteiger partial charge in [0.15, 0.2) is 0 Å². The van der Waals surface area contributed by atoms with Crippen LogP contribution in [0.1, 0.15) is 29.5 Å². The zero-order valence-corrected chi connectivity index (χ0v) is 13.3. The van der Waals surface area contributed by atoms with Crippen molar-refractivity contribution < 1.29 is 4.79 Å². The van der Waals surface area contributed by atoms with Gasteiger partial charge in [0.05, 0.1) is 0 Å². The Balaban J connectivity index is 1.36. The number of carbonyl (C=O) groups is 1. The van der Waals surface area contributed by atoms with Gasteiger partial charge in [0.2, 0.25) is 5.91 Å². The second-order valence-electron chi connectivity index (χ2n) is 6.69. The lowest BCUT2D eigenvalue weighted by Crippen LogP contribution is -2.19. The van der Waals surface area contributed by atoms with Crippen LogP contribution in [0.4, 0.5) is 5.69 Å². The standard InChI is InChI=1S/C20H22N2O/c23-20(16-6-7-16)21-19-9-8-17-13-22(14-18(17)12-19)11-10-15-4-2-1-3-5-15/h1-5,8-9,12,16H,6-7,10-11,13-14H2,(H,21,23). The average Bonchev–Trinajstić information content (AvgIpc) is 3.34. The molecule has 4 rings (SSSR count). The summed E-state index contributed by atoms with van der Waals surface area (Å²) in [6.07, 6.45) is 3.17. The highest BCUT2D eigenvalue weighted by molar-refractivity contribution is 5.94. The van der Waals surface area contributed by atoms with E-state index >= 15 is 0 Å². The largest absolute Gasteiger partial charge is 0.326 e. The molecule has 2 aromatic rings. The van der Waals surface area contributed by atoms with Crippen molar-refractivity contribution in [2.45, 2.75) is 32.4 Å². The number of carbonyl (C=O) groups excluding carboxylic acids is 1. The minimum Gasteiger partial charge on any atom is -0.326 e. The molecule has 1 aliphatic carbocycles. The van der Waals surface area contributed by atoms with Gasteiger partial charge in [0, 0.05) is 31.2 Å². The smallest absolute Gasteiger partial charge is 0.227 e. The summed E-state index contributed by atoms with van der Waals surface area (Å²) < 4.78 is 0. The van der Waals surface area contributed by atoms with E-state index in [9.17, 15) is 4.79 Å². The Bertz CT molecular complexity index is 707. The molecule has 0 unspecified atom stereocenters. The summed E-state index contributed by atoms with van der Waals surface area (Å²) in [6.45, 7) is 3.07. The Kier molecular flexibility index (Phi) is 3.88. The van der Waals surface area contributed by atoms with Crippen molar-refractivity contribution in [1.82, 2.24) is 4.90 Å². The Labute approximate surface area is 137 Å². The van der Waals surface area contributed by atoms with Gasteiger partial charge < -0.3 is 5.32 Å². The highest BCUT2D eigenvalue weighted by Gasteiger charge is 2.29.